The van der Waals surface area contributed by atoms with Crippen molar-refractivity contribution in [2.45, 2.75) is 20.0 Å². The predicted octanol–water partition coefficient (Wildman–Crippen LogP) is 2.57. The van der Waals surface area contributed by atoms with Gasteiger partial charge in [0.1, 0.15) is 11.8 Å². The minimum absolute atomic E-state index is 0.629. The molecule has 0 spiro atoms. The molecule has 1 heterocycles. The van der Waals surface area contributed by atoms with E-state index in [0.29, 0.717) is 0 Å². The number of fused-ring (bicyclic) bond motifs is 1. The van der Waals surface area contributed by atoms with Gasteiger partial charge in [0.2, 0.25) is 0 Å². The molecule has 0 amide bonds. The highest BCUT2D eigenvalue weighted by Gasteiger charge is 2.13. The van der Waals surface area contributed by atoms with E-state index in [4.69, 9.17) is 0 Å². The van der Waals surface area contributed by atoms with Crippen LogP contribution in [-0.4, -0.2) is 14.9 Å². The van der Waals surface area contributed by atoms with E-state index in [1.54, 1.807) is 4.68 Å². The van der Waals surface area contributed by atoms with E-state index in [0.717, 1.165) is 22.2 Å². The van der Waals surface area contributed by atoms with Crippen LogP contribution in [0, 0.1) is 0 Å². The van der Waals surface area contributed by atoms with Crippen LogP contribution in [0.15, 0.2) is 35.9 Å². The summed E-state index contributed by atoms with van der Waals surface area (Å²) < 4.78 is 1.80. The van der Waals surface area contributed by atoms with Gasteiger partial charge in [-0.15, -0.1) is 0 Å². The molecule has 1 unspecified atom stereocenters. The van der Waals surface area contributed by atoms with Gasteiger partial charge in [0.05, 0.1) is 5.52 Å². The summed E-state index contributed by atoms with van der Waals surface area (Å²) in [5, 5.41) is 15.4. The summed E-state index contributed by atoms with van der Waals surface area (Å²) in [6.45, 7) is 3.93. The second-order valence-electron chi connectivity index (χ2n) is 4.21. The Hall–Kier alpha value is -1.61. The fraction of sp³-hybridized carbons (Fsp3) is 0.308. The largest absolute Gasteiger partial charge is 0.383 e. The van der Waals surface area contributed by atoms with E-state index in [-0.39, 0.29) is 0 Å². The fourth-order valence-corrected chi connectivity index (χ4v) is 1.85. The lowest BCUT2D eigenvalue weighted by molar-refractivity contribution is 0.223. The van der Waals surface area contributed by atoms with Gasteiger partial charge in [-0.1, -0.05) is 29.8 Å². The lowest BCUT2D eigenvalue weighted by Gasteiger charge is -2.02. The first-order valence-electron chi connectivity index (χ1n) is 5.34. The molecule has 0 saturated heterocycles. The lowest BCUT2D eigenvalue weighted by Crippen LogP contribution is -1.97. The Kier molecular flexibility index (Phi) is 2.79. The maximum atomic E-state index is 10.1. The summed E-state index contributed by atoms with van der Waals surface area (Å²) in [6.07, 6.45) is 1.19. The van der Waals surface area contributed by atoms with Crippen molar-refractivity contribution in [2.24, 2.45) is 7.05 Å². The summed E-state index contributed by atoms with van der Waals surface area (Å²) in [5.41, 5.74) is 2.85. The van der Waals surface area contributed by atoms with Crippen LogP contribution in [0.25, 0.3) is 10.9 Å². The van der Waals surface area contributed by atoms with Crippen LogP contribution in [0.3, 0.4) is 0 Å². The van der Waals surface area contributed by atoms with E-state index in [2.05, 4.69) is 5.10 Å². The Bertz CT molecular complexity index is 536. The number of allylic oxidation sites excluding steroid dienone is 1. The standard InChI is InChI=1S/C13H16N2O/c1-9(2)8-12(16)13-10-6-4-5-7-11(10)15(3)14-13/h4-8,12,16H,1-3H3. The van der Waals surface area contributed by atoms with Gasteiger partial charge < -0.3 is 5.11 Å². The minimum atomic E-state index is -0.629. The second-order valence-corrected chi connectivity index (χ2v) is 4.21. The Morgan fingerprint density at radius 2 is 2.06 bits per heavy atom. The number of benzene rings is 1. The monoisotopic (exact) mass is 216 g/mol. The van der Waals surface area contributed by atoms with Crippen LogP contribution >= 0.6 is 0 Å². The van der Waals surface area contributed by atoms with Gasteiger partial charge in [-0.25, -0.2) is 0 Å². The number of aromatic nitrogens is 2. The number of aliphatic hydroxyl groups is 1. The van der Waals surface area contributed by atoms with Crippen molar-refractivity contribution < 1.29 is 5.11 Å². The molecule has 2 rings (SSSR count). The average molecular weight is 216 g/mol. The van der Waals surface area contributed by atoms with Gasteiger partial charge in [-0.3, -0.25) is 4.68 Å². The molecule has 1 N–H and O–H groups in total. The van der Waals surface area contributed by atoms with Crippen molar-refractivity contribution in [3.63, 3.8) is 0 Å². The van der Waals surface area contributed by atoms with Crippen LogP contribution in [-0.2, 0) is 7.05 Å². The first-order valence-corrected chi connectivity index (χ1v) is 5.34. The quantitative estimate of drug-likeness (QED) is 0.783. The van der Waals surface area contributed by atoms with E-state index >= 15 is 0 Å². The summed E-state index contributed by atoms with van der Waals surface area (Å²) in [5.74, 6) is 0. The Labute approximate surface area is 95.0 Å². The summed E-state index contributed by atoms with van der Waals surface area (Å²) in [7, 11) is 1.89. The van der Waals surface area contributed by atoms with Crippen molar-refractivity contribution in [1.82, 2.24) is 9.78 Å². The zero-order chi connectivity index (χ0) is 11.7. The summed E-state index contributed by atoms with van der Waals surface area (Å²) in [6, 6.07) is 7.92. The van der Waals surface area contributed by atoms with Crippen molar-refractivity contribution in [2.75, 3.05) is 0 Å². The average Bonchev–Trinajstić information content (AvgIpc) is 2.56. The number of para-hydroxylation sites is 1. The molecule has 3 heteroatoms. The van der Waals surface area contributed by atoms with Crippen molar-refractivity contribution in [3.8, 4) is 0 Å². The molecule has 0 aliphatic rings. The molecule has 0 saturated carbocycles. The third kappa shape index (κ3) is 1.86. The van der Waals surface area contributed by atoms with E-state index in [9.17, 15) is 5.11 Å². The van der Waals surface area contributed by atoms with E-state index in [1.807, 2.05) is 51.2 Å². The van der Waals surface area contributed by atoms with Crippen LogP contribution in [0.5, 0.6) is 0 Å². The van der Waals surface area contributed by atoms with Gasteiger partial charge in [-0.05, 0) is 19.9 Å². The molecule has 2 aromatic rings. The van der Waals surface area contributed by atoms with Crippen molar-refractivity contribution in [1.29, 1.82) is 0 Å². The Balaban J connectivity index is 2.57. The molecule has 1 atom stereocenters. The highest BCUT2D eigenvalue weighted by molar-refractivity contribution is 5.82. The second kappa shape index (κ2) is 4.10. The zero-order valence-electron chi connectivity index (χ0n) is 9.81. The molecule has 0 fully saturated rings. The van der Waals surface area contributed by atoms with Gasteiger partial charge in [0.15, 0.2) is 0 Å². The van der Waals surface area contributed by atoms with Crippen molar-refractivity contribution in [3.05, 3.63) is 41.6 Å². The molecule has 1 aromatic heterocycles. The van der Waals surface area contributed by atoms with E-state index < -0.39 is 6.10 Å². The van der Waals surface area contributed by atoms with Crippen LogP contribution in [0.4, 0.5) is 0 Å². The van der Waals surface area contributed by atoms with Crippen LogP contribution in [0.2, 0.25) is 0 Å². The molecule has 0 bridgehead atoms. The number of rotatable bonds is 2. The maximum absolute atomic E-state index is 10.1. The number of hydrogen-bond acceptors (Lipinski definition) is 2. The topological polar surface area (TPSA) is 38.1 Å². The molecule has 84 valence electrons. The van der Waals surface area contributed by atoms with Crippen molar-refractivity contribution >= 4 is 10.9 Å². The smallest absolute Gasteiger partial charge is 0.117 e. The zero-order valence-corrected chi connectivity index (χ0v) is 9.81. The molecule has 1 aromatic carbocycles. The molecular weight excluding hydrogens is 200 g/mol. The third-order valence-electron chi connectivity index (χ3n) is 2.56. The highest BCUT2D eigenvalue weighted by Crippen LogP contribution is 2.24. The highest BCUT2D eigenvalue weighted by atomic mass is 16.3. The lowest BCUT2D eigenvalue weighted by atomic mass is 10.1. The Morgan fingerprint density at radius 1 is 1.38 bits per heavy atom. The normalized spacial score (nSPS) is 12.8. The van der Waals surface area contributed by atoms with Gasteiger partial charge in [0.25, 0.3) is 0 Å². The number of hydrogen-bond donors (Lipinski definition) is 1. The molecule has 16 heavy (non-hydrogen) atoms. The fourth-order valence-electron chi connectivity index (χ4n) is 1.85. The summed E-state index contributed by atoms with van der Waals surface area (Å²) >= 11 is 0. The van der Waals surface area contributed by atoms with Gasteiger partial charge in [-0.2, -0.15) is 5.10 Å². The molecule has 0 aliphatic carbocycles. The van der Waals surface area contributed by atoms with Crippen LogP contribution < -0.4 is 0 Å². The molecular formula is C13H16N2O. The number of aryl methyl sites for hydroxylation is 1. The third-order valence-corrected chi connectivity index (χ3v) is 2.56. The number of aliphatic hydroxyl groups excluding tert-OH is 1. The van der Waals surface area contributed by atoms with Crippen LogP contribution in [0.1, 0.15) is 25.6 Å². The van der Waals surface area contributed by atoms with E-state index in [1.165, 1.54) is 0 Å². The van der Waals surface area contributed by atoms with Gasteiger partial charge >= 0.3 is 0 Å². The summed E-state index contributed by atoms with van der Waals surface area (Å²) in [4.78, 5) is 0. The number of nitrogens with zero attached hydrogens (tertiary/aromatic N) is 2. The minimum Gasteiger partial charge on any atom is -0.383 e. The van der Waals surface area contributed by atoms with Gasteiger partial charge in [0, 0.05) is 12.4 Å². The molecule has 0 radical (unpaired) electrons. The SMILES string of the molecule is CC(C)=CC(O)c1nn(C)c2ccccc12. The maximum Gasteiger partial charge on any atom is 0.117 e. The predicted molar refractivity (Wildman–Crippen MR) is 65.1 cm³/mol. The Morgan fingerprint density at radius 3 is 2.75 bits per heavy atom. The molecule has 3 nitrogen and oxygen atoms in total. The first kappa shape index (κ1) is 10.9. The first-order chi connectivity index (χ1) is 7.59. The molecule has 0 aliphatic heterocycles.